The van der Waals surface area contributed by atoms with Crippen molar-refractivity contribution in [1.82, 2.24) is 15.0 Å². The molecule has 0 radical (unpaired) electrons. The van der Waals surface area contributed by atoms with Crippen molar-refractivity contribution in [3.05, 3.63) is 36.9 Å². The van der Waals surface area contributed by atoms with Gasteiger partial charge in [-0.1, -0.05) is 6.07 Å². The summed E-state index contributed by atoms with van der Waals surface area (Å²) in [4.78, 5) is 12.2. The Kier molecular flexibility index (Phi) is 2.36. The largest absolute Gasteiger partial charge is 0.493 e. The minimum absolute atomic E-state index is 0.631. The SMILES string of the molecule is COc1cncnc1-c1ccccn1. The zero-order valence-corrected chi connectivity index (χ0v) is 7.71. The third kappa shape index (κ3) is 1.54. The highest BCUT2D eigenvalue weighted by atomic mass is 16.5. The maximum Gasteiger partial charge on any atom is 0.165 e. The molecule has 2 aromatic heterocycles. The third-order valence-electron chi connectivity index (χ3n) is 1.81. The number of nitrogens with zero attached hydrogens (tertiary/aromatic N) is 3. The van der Waals surface area contributed by atoms with Crippen molar-refractivity contribution in [3.8, 4) is 17.1 Å². The normalized spacial score (nSPS) is 9.79. The number of aromatic nitrogens is 3. The first-order valence-electron chi connectivity index (χ1n) is 4.17. The van der Waals surface area contributed by atoms with Crippen LogP contribution in [0.1, 0.15) is 0 Å². The van der Waals surface area contributed by atoms with Gasteiger partial charge in [0, 0.05) is 6.20 Å². The highest BCUT2D eigenvalue weighted by Gasteiger charge is 2.06. The maximum absolute atomic E-state index is 5.13. The number of hydrogen-bond acceptors (Lipinski definition) is 4. The number of methoxy groups -OCH3 is 1. The monoisotopic (exact) mass is 187 g/mol. The molecule has 14 heavy (non-hydrogen) atoms. The molecule has 0 spiro atoms. The van der Waals surface area contributed by atoms with E-state index in [0.717, 1.165) is 5.69 Å². The molecule has 0 aliphatic carbocycles. The fourth-order valence-electron chi connectivity index (χ4n) is 1.16. The van der Waals surface area contributed by atoms with E-state index in [1.807, 2.05) is 18.2 Å². The van der Waals surface area contributed by atoms with E-state index in [1.165, 1.54) is 6.33 Å². The lowest BCUT2D eigenvalue weighted by molar-refractivity contribution is 0.412. The predicted molar refractivity (Wildman–Crippen MR) is 51.8 cm³/mol. The van der Waals surface area contributed by atoms with Gasteiger partial charge >= 0.3 is 0 Å². The topological polar surface area (TPSA) is 47.9 Å². The van der Waals surface area contributed by atoms with Crippen LogP contribution in [0.5, 0.6) is 5.75 Å². The van der Waals surface area contributed by atoms with Crippen LogP contribution < -0.4 is 4.74 Å². The van der Waals surface area contributed by atoms with Crippen molar-refractivity contribution in [2.45, 2.75) is 0 Å². The van der Waals surface area contributed by atoms with E-state index in [1.54, 1.807) is 19.5 Å². The maximum atomic E-state index is 5.13. The number of rotatable bonds is 2. The molecule has 0 aliphatic rings. The van der Waals surface area contributed by atoms with E-state index in [4.69, 9.17) is 4.74 Å². The predicted octanol–water partition coefficient (Wildman–Crippen LogP) is 1.55. The molecule has 4 nitrogen and oxygen atoms in total. The van der Waals surface area contributed by atoms with Crippen LogP contribution in [0, 0.1) is 0 Å². The third-order valence-corrected chi connectivity index (χ3v) is 1.81. The molecule has 0 atom stereocenters. The van der Waals surface area contributed by atoms with E-state index >= 15 is 0 Å². The molecule has 0 bridgehead atoms. The van der Waals surface area contributed by atoms with Crippen LogP contribution in [0.4, 0.5) is 0 Å². The quantitative estimate of drug-likeness (QED) is 0.715. The van der Waals surface area contributed by atoms with Crippen LogP contribution in [0.15, 0.2) is 36.9 Å². The Bertz CT molecular complexity index is 417. The zero-order valence-electron chi connectivity index (χ0n) is 7.71. The Balaban J connectivity index is 2.51. The van der Waals surface area contributed by atoms with Crippen molar-refractivity contribution in [2.75, 3.05) is 7.11 Å². The molecule has 0 saturated heterocycles. The summed E-state index contributed by atoms with van der Waals surface area (Å²) in [6.45, 7) is 0. The van der Waals surface area contributed by atoms with Gasteiger partial charge in [0.25, 0.3) is 0 Å². The molecular formula is C10H9N3O. The summed E-state index contributed by atoms with van der Waals surface area (Å²) in [6, 6.07) is 5.64. The Morgan fingerprint density at radius 3 is 2.86 bits per heavy atom. The van der Waals surface area contributed by atoms with Crippen molar-refractivity contribution in [1.29, 1.82) is 0 Å². The molecular weight excluding hydrogens is 178 g/mol. The van der Waals surface area contributed by atoms with E-state index in [2.05, 4.69) is 15.0 Å². The van der Waals surface area contributed by atoms with Crippen LogP contribution in [-0.4, -0.2) is 22.1 Å². The molecule has 0 aliphatic heterocycles. The Hall–Kier alpha value is -1.97. The summed E-state index contributed by atoms with van der Waals surface area (Å²) in [7, 11) is 1.59. The number of hydrogen-bond donors (Lipinski definition) is 0. The molecule has 2 rings (SSSR count). The molecule has 0 amide bonds. The average Bonchev–Trinajstić information content (AvgIpc) is 2.30. The van der Waals surface area contributed by atoms with Crippen LogP contribution >= 0.6 is 0 Å². The first kappa shape index (κ1) is 8.62. The molecule has 2 aromatic rings. The van der Waals surface area contributed by atoms with Crippen LogP contribution in [0.2, 0.25) is 0 Å². The summed E-state index contributed by atoms with van der Waals surface area (Å²) in [5, 5.41) is 0. The van der Waals surface area contributed by atoms with Gasteiger partial charge in [-0.05, 0) is 12.1 Å². The lowest BCUT2D eigenvalue weighted by atomic mass is 10.2. The van der Waals surface area contributed by atoms with Crippen molar-refractivity contribution in [2.24, 2.45) is 0 Å². The van der Waals surface area contributed by atoms with Crippen molar-refractivity contribution >= 4 is 0 Å². The molecule has 2 heterocycles. The second kappa shape index (κ2) is 3.83. The van der Waals surface area contributed by atoms with E-state index < -0.39 is 0 Å². The fourth-order valence-corrected chi connectivity index (χ4v) is 1.16. The standard InChI is InChI=1S/C10H9N3O/c1-14-9-6-11-7-13-10(9)8-4-2-3-5-12-8/h2-7H,1H3. The minimum Gasteiger partial charge on any atom is -0.493 e. The molecule has 0 fully saturated rings. The van der Waals surface area contributed by atoms with E-state index in [0.29, 0.717) is 11.4 Å². The van der Waals surface area contributed by atoms with E-state index in [9.17, 15) is 0 Å². The first-order chi connectivity index (χ1) is 6.92. The van der Waals surface area contributed by atoms with Gasteiger partial charge in [0.1, 0.15) is 12.0 Å². The van der Waals surface area contributed by atoms with Crippen LogP contribution in [0.3, 0.4) is 0 Å². The Labute approximate surface area is 81.6 Å². The molecule has 0 N–H and O–H groups in total. The number of pyridine rings is 1. The highest BCUT2D eigenvalue weighted by Crippen LogP contribution is 2.23. The summed E-state index contributed by atoms with van der Waals surface area (Å²) in [5.41, 5.74) is 1.50. The fraction of sp³-hybridized carbons (Fsp3) is 0.100. The van der Waals surface area contributed by atoms with Gasteiger partial charge in [0.2, 0.25) is 0 Å². The van der Waals surface area contributed by atoms with Crippen molar-refractivity contribution < 1.29 is 4.74 Å². The summed E-state index contributed by atoms with van der Waals surface area (Å²) in [5.74, 6) is 0.631. The lowest BCUT2D eigenvalue weighted by Gasteiger charge is -2.04. The second-order valence-corrected chi connectivity index (χ2v) is 2.65. The van der Waals surface area contributed by atoms with Crippen LogP contribution in [0.25, 0.3) is 11.4 Å². The summed E-state index contributed by atoms with van der Waals surface area (Å²) >= 11 is 0. The van der Waals surface area contributed by atoms with Gasteiger partial charge in [-0.3, -0.25) is 4.98 Å². The molecule has 0 aromatic carbocycles. The van der Waals surface area contributed by atoms with Crippen LogP contribution in [-0.2, 0) is 0 Å². The minimum atomic E-state index is 0.631. The van der Waals surface area contributed by atoms with E-state index in [-0.39, 0.29) is 0 Å². The van der Waals surface area contributed by atoms with Gasteiger partial charge < -0.3 is 4.74 Å². The lowest BCUT2D eigenvalue weighted by Crippen LogP contribution is -1.93. The summed E-state index contributed by atoms with van der Waals surface area (Å²) in [6.07, 6.45) is 4.82. The van der Waals surface area contributed by atoms with Gasteiger partial charge in [-0.2, -0.15) is 0 Å². The Morgan fingerprint density at radius 1 is 1.21 bits per heavy atom. The highest BCUT2D eigenvalue weighted by molar-refractivity contribution is 5.60. The number of ether oxygens (including phenoxy) is 1. The first-order valence-corrected chi connectivity index (χ1v) is 4.17. The zero-order chi connectivity index (χ0) is 9.80. The molecule has 0 saturated carbocycles. The molecule has 4 heteroatoms. The van der Waals surface area contributed by atoms with Gasteiger partial charge in [-0.15, -0.1) is 0 Å². The average molecular weight is 187 g/mol. The summed E-state index contributed by atoms with van der Waals surface area (Å²) < 4.78 is 5.13. The van der Waals surface area contributed by atoms with Gasteiger partial charge in [0.05, 0.1) is 19.0 Å². The molecule has 70 valence electrons. The van der Waals surface area contributed by atoms with Crippen molar-refractivity contribution in [3.63, 3.8) is 0 Å². The molecule has 0 unspecified atom stereocenters. The van der Waals surface area contributed by atoms with Gasteiger partial charge in [-0.25, -0.2) is 9.97 Å². The van der Waals surface area contributed by atoms with Gasteiger partial charge in [0.15, 0.2) is 5.75 Å². The second-order valence-electron chi connectivity index (χ2n) is 2.65. The Morgan fingerprint density at radius 2 is 2.14 bits per heavy atom. The smallest absolute Gasteiger partial charge is 0.165 e.